The minimum Gasteiger partial charge on any atom is -0.303 e. The number of hydrogen-bond donors (Lipinski definition) is 2. The molecule has 0 aliphatic carbocycles. The first kappa shape index (κ1) is 14.1. The summed E-state index contributed by atoms with van der Waals surface area (Å²) in [5.74, 6) is 0.272. The van der Waals surface area contributed by atoms with Gasteiger partial charge >= 0.3 is 7.82 Å². The van der Waals surface area contributed by atoms with Gasteiger partial charge in [0.15, 0.2) is 0 Å². The second-order valence-electron chi connectivity index (χ2n) is 3.56. The maximum Gasteiger partial charge on any atom is 0.469 e. The van der Waals surface area contributed by atoms with Gasteiger partial charge in [0.1, 0.15) is 0 Å². The van der Waals surface area contributed by atoms with E-state index in [2.05, 4.69) is 11.4 Å². The fourth-order valence-corrected chi connectivity index (χ4v) is 1.70. The van der Waals surface area contributed by atoms with E-state index < -0.39 is 7.82 Å². The van der Waals surface area contributed by atoms with Crippen LogP contribution < -0.4 is 0 Å². The highest BCUT2D eigenvalue weighted by atomic mass is 31.2. The van der Waals surface area contributed by atoms with Crippen LogP contribution in [-0.4, -0.2) is 16.4 Å². The van der Waals surface area contributed by atoms with Crippen molar-refractivity contribution < 1.29 is 18.9 Å². The van der Waals surface area contributed by atoms with Crippen molar-refractivity contribution in [3.05, 3.63) is 0 Å². The Hall–Kier alpha value is 0.110. The third-order valence-corrected chi connectivity index (χ3v) is 2.76. The van der Waals surface area contributed by atoms with E-state index in [1.807, 2.05) is 6.92 Å². The predicted molar refractivity (Wildman–Crippen MR) is 55.9 cm³/mol. The topological polar surface area (TPSA) is 66.8 Å². The van der Waals surface area contributed by atoms with Crippen molar-refractivity contribution in [1.29, 1.82) is 0 Å². The molecule has 2 N–H and O–H groups in total. The van der Waals surface area contributed by atoms with Crippen molar-refractivity contribution in [3.8, 4) is 0 Å². The SMILES string of the molecule is CCCCCC(CC)COP(=O)(O)O. The van der Waals surface area contributed by atoms with Gasteiger partial charge in [-0.25, -0.2) is 4.57 Å². The van der Waals surface area contributed by atoms with E-state index in [0.29, 0.717) is 0 Å². The van der Waals surface area contributed by atoms with Gasteiger partial charge in [0.2, 0.25) is 0 Å². The summed E-state index contributed by atoms with van der Waals surface area (Å²) in [4.78, 5) is 17.0. The van der Waals surface area contributed by atoms with Crippen LogP contribution in [0.3, 0.4) is 0 Å². The van der Waals surface area contributed by atoms with Crippen LogP contribution in [0.2, 0.25) is 0 Å². The molecule has 0 saturated carbocycles. The van der Waals surface area contributed by atoms with Crippen LogP contribution in [0.15, 0.2) is 0 Å². The molecule has 14 heavy (non-hydrogen) atoms. The lowest BCUT2D eigenvalue weighted by Gasteiger charge is -2.14. The molecule has 86 valence electrons. The van der Waals surface area contributed by atoms with Gasteiger partial charge in [0.25, 0.3) is 0 Å². The van der Waals surface area contributed by atoms with Gasteiger partial charge in [-0.1, -0.05) is 39.5 Å². The van der Waals surface area contributed by atoms with E-state index in [0.717, 1.165) is 25.7 Å². The van der Waals surface area contributed by atoms with E-state index in [-0.39, 0.29) is 12.5 Å². The third kappa shape index (κ3) is 8.70. The van der Waals surface area contributed by atoms with Crippen LogP contribution in [-0.2, 0) is 9.09 Å². The van der Waals surface area contributed by atoms with Gasteiger partial charge in [0.05, 0.1) is 6.61 Å². The van der Waals surface area contributed by atoms with Crippen LogP contribution in [0.4, 0.5) is 0 Å². The highest BCUT2D eigenvalue weighted by molar-refractivity contribution is 7.46. The summed E-state index contributed by atoms with van der Waals surface area (Å²) in [6.45, 7) is 4.32. The normalized spacial score (nSPS) is 14.3. The summed E-state index contributed by atoms with van der Waals surface area (Å²) >= 11 is 0. The molecule has 1 atom stereocenters. The average molecular weight is 224 g/mol. The largest absolute Gasteiger partial charge is 0.469 e. The van der Waals surface area contributed by atoms with Gasteiger partial charge in [-0.05, 0) is 12.3 Å². The van der Waals surface area contributed by atoms with Crippen molar-refractivity contribution in [1.82, 2.24) is 0 Å². The first-order valence-corrected chi connectivity index (χ1v) is 6.72. The molecule has 0 aromatic heterocycles. The first-order chi connectivity index (χ1) is 6.49. The van der Waals surface area contributed by atoms with E-state index >= 15 is 0 Å². The zero-order chi connectivity index (χ0) is 11.0. The fourth-order valence-electron chi connectivity index (χ4n) is 1.29. The maximum atomic E-state index is 10.5. The molecular formula is C9H21O4P. The van der Waals surface area contributed by atoms with Crippen LogP contribution in [0.25, 0.3) is 0 Å². The maximum absolute atomic E-state index is 10.5. The molecule has 0 aromatic carbocycles. The summed E-state index contributed by atoms with van der Waals surface area (Å²) < 4.78 is 14.9. The Morgan fingerprint density at radius 2 is 1.93 bits per heavy atom. The highest BCUT2D eigenvalue weighted by Gasteiger charge is 2.16. The molecular weight excluding hydrogens is 203 g/mol. The second kappa shape index (κ2) is 7.41. The number of hydrogen-bond acceptors (Lipinski definition) is 2. The van der Waals surface area contributed by atoms with Crippen molar-refractivity contribution >= 4 is 7.82 Å². The zero-order valence-corrected chi connectivity index (χ0v) is 9.87. The summed E-state index contributed by atoms with van der Waals surface area (Å²) in [6.07, 6.45) is 5.34. The number of unbranched alkanes of at least 4 members (excludes halogenated alkanes) is 2. The highest BCUT2D eigenvalue weighted by Crippen LogP contribution is 2.36. The van der Waals surface area contributed by atoms with E-state index in [1.54, 1.807) is 0 Å². The van der Waals surface area contributed by atoms with Crippen molar-refractivity contribution in [2.24, 2.45) is 5.92 Å². The Morgan fingerprint density at radius 3 is 2.36 bits per heavy atom. The molecule has 0 rings (SSSR count). The first-order valence-electron chi connectivity index (χ1n) is 5.19. The molecule has 0 saturated heterocycles. The smallest absolute Gasteiger partial charge is 0.303 e. The molecule has 0 aliphatic heterocycles. The van der Waals surface area contributed by atoms with Crippen molar-refractivity contribution in [2.45, 2.75) is 46.0 Å². The van der Waals surface area contributed by atoms with Gasteiger partial charge in [0, 0.05) is 0 Å². The van der Waals surface area contributed by atoms with Crippen LogP contribution in [0.5, 0.6) is 0 Å². The summed E-state index contributed by atoms with van der Waals surface area (Å²) in [7, 11) is -4.27. The van der Waals surface area contributed by atoms with E-state index in [1.165, 1.54) is 6.42 Å². The molecule has 4 nitrogen and oxygen atoms in total. The predicted octanol–water partition coefficient (Wildman–Crippen LogP) is 2.70. The molecule has 1 unspecified atom stereocenters. The van der Waals surface area contributed by atoms with Gasteiger partial charge in [-0.2, -0.15) is 0 Å². The number of phosphoric acid groups is 1. The molecule has 0 fully saturated rings. The van der Waals surface area contributed by atoms with Gasteiger partial charge in [-0.15, -0.1) is 0 Å². The van der Waals surface area contributed by atoms with Crippen molar-refractivity contribution in [3.63, 3.8) is 0 Å². The Morgan fingerprint density at radius 1 is 1.29 bits per heavy atom. The second-order valence-corrected chi connectivity index (χ2v) is 4.80. The minimum atomic E-state index is -4.27. The summed E-state index contributed by atoms with van der Waals surface area (Å²) in [5, 5.41) is 0. The van der Waals surface area contributed by atoms with E-state index in [4.69, 9.17) is 9.79 Å². The standard InChI is InChI=1S/C9H21O4P/c1-3-5-6-7-9(4-2)8-13-14(10,11)12/h9H,3-8H2,1-2H3,(H2,10,11,12). The van der Waals surface area contributed by atoms with Gasteiger partial charge < -0.3 is 9.79 Å². The zero-order valence-electron chi connectivity index (χ0n) is 8.98. The lowest BCUT2D eigenvalue weighted by molar-refractivity contribution is 0.161. The quantitative estimate of drug-likeness (QED) is 0.491. The average Bonchev–Trinajstić information content (AvgIpc) is 2.09. The lowest BCUT2D eigenvalue weighted by Crippen LogP contribution is -2.07. The molecule has 0 spiro atoms. The molecule has 5 heteroatoms. The number of rotatable bonds is 8. The Labute approximate surface area is 85.9 Å². The monoisotopic (exact) mass is 224 g/mol. The Balaban J connectivity index is 3.63. The Bertz CT molecular complexity index is 178. The third-order valence-electron chi connectivity index (χ3n) is 2.27. The van der Waals surface area contributed by atoms with Crippen LogP contribution in [0.1, 0.15) is 46.0 Å². The number of phosphoric ester groups is 1. The Kier molecular flexibility index (Phi) is 7.47. The lowest BCUT2D eigenvalue weighted by atomic mass is 10.00. The molecule has 0 bridgehead atoms. The molecule has 0 amide bonds. The van der Waals surface area contributed by atoms with Crippen molar-refractivity contribution in [2.75, 3.05) is 6.61 Å². The molecule has 0 aromatic rings. The van der Waals surface area contributed by atoms with Gasteiger partial charge in [-0.3, -0.25) is 4.52 Å². The molecule has 0 heterocycles. The minimum absolute atomic E-state index is 0.171. The van der Waals surface area contributed by atoms with E-state index in [9.17, 15) is 4.57 Å². The fraction of sp³-hybridized carbons (Fsp3) is 1.00. The van der Waals surface area contributed by atoms with Crippen LogP contribution >= 0.6 is 7.82 Å². The summed E-state index contributed by atoms with van der Waals surface area (Å²) in [5.41, 5.74) is 0. The molecule has 0 aliphatic rings. The molecule has 0 radical (unpaired) electrons. The van der Waals surface area contributed by atoms with Crippen LogP contribution in [0, 0.1) is 5.92 Å². The summed E-state index contributed by atoms with van der Waals surface area (Å²) in [6, 6.07) is 0.